The molecular formula is C19H33ClN6O2. The van der Waals surface area contributed by atoms with Gasteiger partial charge in [0.2, 0.25) is 0 Å². The van der Waals surface area contributed by atoms with Gasteiger partial charge in [-0.15, -0.1) is 17.5 Å². The Balaban J connectivity index is 0.00000225. The van der Waals surface area contributed by atoms with E-state index in [4.69, 9.17) is 4.74 Å². The van der Waals surface area contributed by atoms with Crippen LogP contribution in [-0.2, 0) is 4.74 Å². The molecule has 2 N–H and O–H groups in total. The highest BCUT2D eigenvalue weighted by atomic mass is 35.5. The van der Waals surface area contributed by atoms with Crippen molar-refractivity contribution in [2.24, 2.45) is 0 Å². The lowest BCUT2D eigenvalue weighted by molar-refractivity contribution is -0.0361. The predicted molar refractivity (Wildman–Crippen MR) is 109 cm³/mol. The first-order valence-corrected chi connectivity index (χ1v) is 10.5. The predicted octanol–water partition coefficient (Wildman–Crippen LogP) is 1.39. The van der Waals surface area contributed by atoms with Crippen molar-refractivity contribution in [3.05, 3.63) is 11.9 Å². The summed E-state index contributed by atoms with van der Waals surface area (Å²) in [5.41, 5.74) is 0.504. The second kappa shape index (κ2) is 10.0. The van der Waals surface area contributed by atoms with Crippen molar-refractivity contribution >= 4 is 18.3 Å². The van der Waals surface area contributed by atoms with Crippen LogP contribution in [0.15, 0.2) is 6.20 Å². The highest BCUT2D eigenvalue weighted by Gasteiger charge is 2.39. The van der Waals surface area contributed by atoms with Gasteiger partial charge in [0.05, 0.1) is 25.5 Å². The van der Waals surface area contributed by atoms with Crippen LogP contribution in [0.1, 0.15) is 61.5 Å². The SMILES string of the molecule is Cl.O=C(NCC1(N2CCOCC2)CCCCC1)c1cn(C2CCNCC2)nn1. The van der Waals surface area contributed by atoms with Gasteiger partial charge in [-0.25, -0.2) is 4.68 Å². The topological polar surface area (TPSA) is 84.3 Å². The third-order valence-corrected chi connectivity index (χ3v) is 6.47. The Bertz CT molecular complexity index is 622. The molecule has 1 saturated carbocycles. The number of carbonyl (C=O) groups excluding carboxylic acids is 1. The van der Waals surface area contributed by atoms with Crippen LogP contribution in [-0.4, -0.2) is 77.3 Å². The van der Waals surface area contributed by atoms with Crippen molar-refractivity contribution in [2.75, 3.05) is 45.9 Å². The fourth-order valence-electron chi connectivity index (χ4n) is 4.82. The first-order valence-electron chi connectivity index (χ1n) is 10.5. The molecule has 3 heterocycles. The summed E-state index contributed by atoms with van der Waals surface area (Å²) < 4.78 is 7.41. The van der Waals surface area contributed by atoms with Crippen LogP contribution in [0.25, 0.3) is 0 Å². The first kappa shape index (κ1) is 21.5. The molecule has 1 aliphatic carbocycles. The van der Waals surface area contributed by atoms with Crippen molar-refractivity contribution < 1.29 is 9.53 Å². The van der Waals surface area contributed by atoms with E-state index < -0.39 is 0 Å². The average Bonchev–Trinajstić information content (AvgIpc) is 3.24. The molecule has 2 saturated heterocycles. The molecule has 4 rings (SSSR count). The molecule has 158 valence electrons. The van der Waals surface area contributed by atoms with Gasteiger partial charge in [-0.1, -0.05) is 24.5 Å². The van der Waals surface area contributed by atoms with E-state index in [0.717, 1.165) is 65.1 Å². The maximum Gasteiger partial charge on any atom is 0.273 e. The number of hydrogen-bond acceptors (Lipinski definition) is 6. The van der Waals surface area contributed by atoms with Crippen LogP contribution >= 0.6 is 12.4 Å². The second-order valence-electron chi connectivity index (χ2n) is 8.13. The molecule has 0 unspecified atom stereocenters. The Hall–Kier alpha value is -1.22. The minimum atomic E-state index is -0.103. The Morgan fingerprint density at radius 2 is 1.93 bits per heavy atom. The Labute approximate surface area is 173 Å². The number of hydrogen-bond donors (Lipinski definition) is 2. The molecule has 0 radical (unpaired) electrons. The number of morpholine rings is 1. The van der Waals surface area contributed by atoms with Gasteiger partial charge in [0.25, 0.3) is 5.91 Å². The maximum absolute atomic E-state index is 12.7. The van der Waals surface area contributed by atoms with E-state index in [0.29, 0.717) is 18.3 Å². The molecular weight excluding hydrogens is 380 g/mol. The quantitative estimate of drug-likeness (QED) is 0.760. The lowest BCUT2D eigenvalue weighted by Crippen LogP contribution is -2.59. The molecule has 0 atom stereocenters. The number of nitrogens with one attached hydrogen (secondary N) is 2. The van der Waals surface area contributed by atoms with E-state index in [1.165, 1.54) is 19.3 Å². The van der Waals surface area contributed by atoms with Gasteiger partial charge in [0.15, 0.2) is 5.69 Å². The fraction of sp³-hybridized carbons (Fsp3) is 0.842. The number of ether oxygens (including phenoxy) is 1. The summed E-state index contributed by atoms with van der Waals surface area (Å²) in [5, 5.41) is 14.9. The molecule has 3 aliphatic rings. The fourth-order valence-corrected chi connectivity index (χ4v) is 4.82. The average molecular weight is 413 g/mol. The van der Waals surface area contributed by atoms with Gasteiger partial charge in [-0.05, 0) is 38.8 Å². The minimum Gasteiger partial charge on any atom is -0.379 e. The largest absolute Gasteiger partial charge is 0.379 e. The summed E-state index contributed by atoms with van der Waals surface area (Å²) in [6.07, 6.45) is 9.94. The number of amides is 1. The van der Waals surface area contributed by atoms with E-state index >= 15 is 0 Å². The number of piperidine rings is 1. The Morgan fingerprint density at radius 1 is 1.21 bits per heavy atom. The number of carbonyl (C=O) groups is 1. The summed E-state index contributed by atoms with van der Waals surface area (Å²) in [7, 11) is 0. The zero-order chi connectivity index (χ0) is 18.5. The number of aromatic nitrogens is 3. The molecule has 8 nitrogen and oxygen atoms in total. The minimum absolute atomic E-state index is 0. The number of rotatable bonds is 5. The van der Waals surface area contributed by atoms with Crippen molar-refractivity contribution in [1.82, 2.24) is 30.5 Å². The third-order valence-electron chi connectivity index (χ3n) is 6.47. The molecule has 28 heavy (non-hydrogen) atoms. The van der Waals surface area contributed by atoms with Crippen molar-refractivity contribution in [3.8, 4) is 0 Å². The van der Waals surface area contributed by atoms with E-state index in [1.807, 2.05) is 10.9 Å². The lowest BCUT2D eigenvalue weighted by Gasteiger charge is -2.48. The van der Waals surface area contributed by atoms with E-state index in [-0.39, 0.29) is 23.9 Å². The molecule has 1 amide bonds. The molecule has 0 spiro atoms. The molecule has 1 aromatic heterocycles. The Morgan fingerprint density at radius 3 is 2.64 bits per heavy atom. The smallest absolute Gasteiger partial charge is 0.273 e. The summed E-state index contributed by atoms with van der Waals surface area (Å²) in [5.74, 6) is -0.103. The maximum atomic E-state index is 12.7. The molecule has 0 bridgehead atoms. The van der Waals surface area contributed by atoms with Gasteiger partial charge >= 0.3 is 0 Å². The summed E-state index contributed by atoms with van der Waals surface area (Å²) >= 11 is 0. The van der Waals surface area contributed by atoms with E-state index in [1.54, 1.807) is 0 Å². The second-order valence-corrected chi connectivity index (χ2v) is 8.13. The third kappa shape index (κ3) is 4.84. The van der Waals surface area contributed by atoms with Gasteiger partial charge < -0.3 is 15.4 Å². The number of nitrogens with zero attached hydrogens (tertiary/aromatic N) is 4. The molecule has 1 aromatic rings. The van der Waals surface area contributed by atoms with E-state index in [9.17, 15) is 4.79 Å². The highest BCUT2D eigenvalue weighted by molar-refractivity contribution is 5.91. The normalized spacial score (nSPS) is 23.7. The van der Waals surface area contributed by atoms with Crippen LogP contribution in [0.3, 0.4) is 0 Å². The van der Waals surface area contributed by atoms with Gasteiger partial charge in [-0.2, -0.15) is 0 Å². The van der Waals surface area contributed by atoms with Crippen molar-refractivity contribution in [2.45, 2.75) is 56.5 Å². The summed E-state index contributed by atoms with van der Waals surface area (Å²) in [4.78, 5) is 15.3. The van der Waals surface area contributed by atoms with Crippen LogP contribution in [0.2, 0.25) is 0 Å². The summed E-state index contributed by atoms with van der Waals surface area (Å²) in [6.45, 7) is 6.18. The van der Waals surface area contributed by atoms with Crippen LogP contribution < -0.4 is 10.6 Å². The van der Waals surface area contributed by atoms with Crippen molar-refractivity contribution in [1.29, 1.82) is 0 Å². The van der Waals surface area contributed by atoms with Gasteiger partial charge in [0.1, 0.15) is 0 Å². The van der Waals surface area contributed by atoms with Crippen molar-refractivity contribution in [3.63, 3.8) is 0 Å². The summed E-state index contributed by atoms with van der Waals surface area (Å²) in [6, 6.07) is 0.346. The zero-order valence-electron chi connectivity index (χ0n) is 16.6. The van der Waals surface area contributed by atoms with Gasteiger partial charge in [-0.3, -0.25) is 9.69 Å². The monoisotopic (exact) mass is 412 g/mol. The standard InChI is InChI=1S/C19H32N6O2.ClH/c26-18(17-14-25(23-22-17)16-4-8-20-9-5-16)21-15-19(6-2-1-3-7-19)24-10-12-27-13-11-24;/h14,16,20H,1-13,15H2,(H,21,26);1H. The first-order chi connectivity index (χ1) is 13.3. The molecule has 0 aromatic carbocycles. The lowest BCUT2D eigenvalue weighted by atomic mass is 9.79. The Kier molecular flexibility index (Phi) is 7.68. The van der Waals surface area contributed by atoms with Crippen LogP contribution in [0.5, 0.6) is 0 Å². The number of halogens is 1. The molecule has 2 aliphatic heterocycles. The molecule has 3 fully saturated rings. The molecule has 9 heteroatoms. The van der Waals surface area contributed by atoms with E-state index in [2.05, 4.69) is 25.8 Å². The van der Waals surface area contributed by atoms with Crippen LogP contribution in [0, 0.1) is 0 Å². The van der Waals surface area contributed by atoms with Crippen LogP contribution in [0.4, 0.5) is 0 Å². The van der Waals surface area contributed by atoms with Gasteiger partial charge in [0, 0.05) is 25.2 Å². The zero-order valence-corrected chi connectivity index (χ0v) is 17.4. The highest BCUT2D eigenvalue weighted by Crippen LogP contribution is 2.34.